The summed E-state index contributed by atoms with van der Waals surface area (Å²) in [6.45, 7) is 5.35. The van der Waals surface area contributed by atoms with Gasteiger partial charge >= 0.3 is 5.97 Å². The fraction of sp³-hybridized carbons (Fsp3) is 0.500. The predicted molar refractivity (Wildman–Crippen MR) is 68.6 cm³/mol. The highest BCUT2D eigenvalue weighted by Crippen LogP contribution is 2.31. The number of carboxylic acids is 1. The third-order valence-electron chi connectivity index (χ3n) is 3.15. The molecule has 0 saturated heterocycles. The van der Waals surface area contributed by atoms with Crippen molar-refractivity contribution in [1.82, 2.24) is 0 Å². The van der Waals surface area contributed by atoms with Gasteiger partial charge in [0.15, 0.2) is 0 Å². The molecule has 2 atom stereocenters. The lowest BCUT2D eigenvalue weighted by molar-refractivity contribution is -0.146. The molecule has 0 amide bonds. The van der Waals surface area contributed by atoms with Gasteiger partial charge in [-0.1, -0.05) is 13.3 Å². The molecular formula is C14H20O4. The van der Waals surface area contributed by atoms with Gasteiger partial charge in [-0.25, -0.2) is 0 Å². The number of aliphatic hydroxyl groups excluding tert-OH is 1. The standard InChI is InChI=1S/C14H20O4/c1-4-5-11(14(17)18)13(16)10-6-8(2)12(15)9(3)7-10/h6-7,11,13,15-16H,4-5H2,1-3H3,(H,17,18). The van der Waals surface area contributed by atoms with Gasteiger partial charge in [-0.2, -0.15) is 0 Å². The van der Waals surface area contributed by atoms with Crippen LogP contribution >= 0.6 is 0 Å². The molecule has 4 heteroatoms. The Morgan fingerprint density at radius 3 is 2.17 bits per heavy atom. The Kier molecular flexibility index (Phi) is 4.73. The smallest absolute Gasteiger partial charge is 0.309 e. The molecule has 4 nitrogen and oxygen atoms in total. The van der Waals surface area contributed by atoms with E-state index in [1.165, 1.54) is 0 Å². The van der Waals surface area contributed by atoms with Crippen LogP contribution in [0.3, 0.4) is 0 Å². The van der Waals surface area contributed by atoms with Gasteiger partial charge in [0.05, 0.1) is 12.0 Å². The number of carbonyl (C=O) groups is 1. The molecule has 0 aliphatic rings. The van der Waals surface area contributed by atoms with Gasteiger partial charge in [0.2, 0.25) is 0 Å². The second-order valence-corrected chi connectivity index (χ2v) is 4.68. The largest absolute Gasteiger partial charge is 0.507 e. The van der Waals surface area contributed by atoms with Crippen molar-refractivity contribution < 1.29 is 20.1 Å². The van der Waals surface area contributed by atoms with Crippen LogP contribution in [0.15, 0.2) is 12.1 Å². The molecule has 0 radical (unpaired) electrons. The highest BCUT2D eigenvalue weighted by atomic mass is 16.4. The summed E-state index contributed by atoms with van der Waals surface area (Å²) in [5, 5.41) is 28.9. The highest BCUT2D eigenvalue weighted by molar-refractivity contribution is 5.71. The van der Waals surface area contributed by atoms with E-state index in [2.05, 4.69) is 0 Å². The number of rotatable bonds is 5. The van der Waals surface area contributed by atoms with Gasteiger partial charge in [-0.05, 0) is 49.1 Å². The molecule has 0 aliphatic carbocycles. The molecule has 2 unspecified atom stereocenters. The molecule has 0 aliphatic heterocycles. The number of aliphatic hydroxyl groups is 1. The van der Waals surface area contributed by atoms with Crippen LogP contribution in [0.25, 0.3) is 0 Å². The molecule has 0 bridgehead atoms. The van der Waals surface area contributed by atoms with Gasteiger partial charge in [0, 0.05) is 0 Å². The second-order valence-electron chi connectivity index (χ2n) is 4.68. The van der Waals surface area contributed by atoms with Crippen LogP contribution in [-0.4, -0.2) is 21.3 Å². The Morgan fingerprint density at radius 2 is 1.78 bits per heavy atom. The Labute approximate surface area is 107 Å². The zero-order valence-corrected chi connectivity index (χ0v) is 11.0. The van der Waals surface area contributed by atoms with Crippen LogP contribution in [0.1, 0.15) is 42.6 Å². The number of benzene rings is 1. The Bertz CT molecular complexity index is 416. The van der Waals surface area contributed by atoms with Crippen molar-refractivity contribution in [3.63, 3.8) is 0 Å². The number of hydrogen-bond acceptors (Lipinski definition) is 3. The number of phenolic OH excluding ortho intramolecular Hbond substituents is 1. The summed E-state index contributed by atoms with van der Waals surface area (Å²) in [5.74, 6) is -1.61. The van der Waals surface area contributed by atoms with Crippen molar-refractivity contribution in [2.45, 2.75) is 39.7 Å². The van der Waals surface area contributed by atoms with Crippen LogP contribution in [-0.2, 0) is 4.79 Å². The molecular weight excluding hydrogens is 232 g/mol. The van der Waals surface area contributed by atoms with E-state index in [1.54, 1.807) is 26.0 Å². The monoisotopic (exact) mass is 252 g/mol. The fourth-order valence-electron chi connectivity index (χ4n) is 2.12. The van der Waals surface area contributed by atoms with Crippen LogP contribution in [0, 0.1) is 19.8 Å². The average molecular weight is 252 g/mol. The first-order valence-corrected chi connectivity index (χ1v) is 6.09. The molecule has 1 aromatic rings. The van der Waals surface area contributed by atoms with E-state index in [1.807, 2.05) is 6.92 Å². The summed E-state index contributed by atoms with van der Waals surface area (Å²) >= 11 is 0. The molecule has 0 aromatic heterocycles. The Hall–Kier alpha value is -1.55. The Morgan fingerprint density at radius 1 is 1.28 bits per heavy atom. The fourth-order valence-corrected chi connectivity index (χ4v) is 2.12. The minimum absolute atomic E-state index is 0.188. The number of hydrogen-bond donors (Lipinski definition) is 3. The van der Waals surface area contributed by atoms with Gasteiger partial charge in [-0.3, -0.25) is 4.79 Å². The first kappa shape index (κ1) is 14.5. The summed E-state index contributed by atoms with van der Waals surface area (Å²) in [7, 11) is 0. The first-order valence-electron chi connectivity index (χ1n) is 6.09. The lowest BCUT2D eigenvalue weighted by atomic mass is 9.90. The predicted octanol–water partition coefficient (Wildman–Crippen LogP) is 2.54. The van der Waals surface area contributed by atoms with Crippen LogP contribution in [0.4, 0.5) is 0 Å². The summed E-state index contributed by atoms with van der Waals surface area (Å²) < 4.78 is 0. The summed E-state index contributed by atoms with van der Waals surface area (Å²) in [5.41, 5.74) is 1.83. The molecule has 1 rings (SSSR count). The van der Waals surface area contributed by atoms with Crippen molar-refractivity contribution in [3.05, 3.63) is 28.8 Å². The maximum atomic E-state index is 11.1. The topological polar surface area (TPSA) is 77.8 Å². The van der Waals surface area contributed by atoms with Gasteiger partial charge in [0.1, 0.15) is 5.75 Å². The zero-order valence-electron chi connectivity index (χ0n) is 11.0. The molecule has 0 heterocycles. The van der Waals surface area contributed by atoms with E-state index in [0.29, 0.717) is 29.5 Å². The minimum atomic E-state index is -1.04. The first-order chi connectivity index (χ1) is 8.38. The van der Waals surface area contributed by atoms with Crippen LogP contribution in [0.5, 0.6) is 5.75 Å². The quantitative estimate of drug-likeness (QED) is 0.752. The number of phenols is 1. The number of aryl methyl sites for hydroxylation is 2. The van der Waals surface area contributed by atoms with E-state index < -0.39 is 18.0 Å². The van der Waals surface area contributed by atoms with Crippen LogP contribution in [0.2, 0.25) is 0 Å². The highest BCUT2D eigenvalue weighted by Gasteiger charge is 2.27. The molecule has 0 spiro atoms. The van der Waals surface area contributed by atoms with Crippen molar-refractivity contribution in [2.24, 2.45) is 5.92 Å². The summed E-state index contributed by atoms with van der Waals surface area (Å²) in [6, 6.07) is 3.28. The third kappa shape index (κ3) is 3.01. The maximum absolute atomic E-state index is 11.1. The van der Waals surface area contributed by atoms with E-state index in [9.17, 15) is 15.0 Å². The van der Waals surface area contributed by atoms with Crippen molar-refractivity contribution in [1.29, 1.82) is 0 Å². The SMILES string of the molecule is CCCC(C(=O)O)C(O)c1cc(C)c(O)c(C)c1. The van der Waals surface area contributed by atoms with Gasteiger partial charge in [-0.15, -0.1) is 0 Å². The van der Waals surface area contributed by atoms with E-state index in [-0.39, 0.29) is 5.75 Å². The summed E-state index contributed by atoms with van der Waals surface area (Å²) in [6.07, 6.45) is 0.0833. The molecule has 18 heavy (non-hydrogen) atoms. The molecule has 0 fully saturated rings. The van der Waals surface area contributed by atoms with Crippen molar-refractivity contribution in [3.8, 4) is 5.75 Å². The minimum Gasteiger partial charge on any atom is -0.507 e. The number of aliphatic carboxylic acids is 1. The summed E-state index contributed by atoms with van der Waals surface area (Å²) in [4.78, 5) is 11.1. The number of carboxylic acid groups (broad SMARTS) is 1. The third-order valence-corrected chi connectivity index (χ3v) is 3.15. The molecule has 3 N–H and O–H groups in total. The lowest BCUT2D eigenvalue weighted by Crippen LogP contribution is -2.22. The lowest BCUT2D eigenvalue weighted by Gasteiger charge is -2.20. The zero-order chi connectivity index (χ0) is 13.9. The molecule has 0 saturated carbocycles. The van der Waals surface area contributed by atoms with E-state index in [0.717, 1.165) is 0 Å². The molecule has 1 aromatic carbocycles. The van der Waals surface area contributed by atoms with Crippen molar-refractivity contribution in [2.75, 3.05) is 0 Å². The van der Waals surface area contributed by atoms with E-state index >= 15 is 0 Å². The maximum Gasteiger partial charge on any atom is 0.309 e. The second kappa shape index (κ2) is 5.87. The van der Waals surface area contributed by atoms with E-state index in [4.69, 9.17) is 5.11 Å². The van der Waals surface area contributed by atoms with Crippen molar-refractivity contribution >= 4 is 5.97 Å². The van der Waals surface area contributed by atoms with Crippen LogP contribution < -0.4 is 0 Å². The molecule has 100 valence electrons. The average Bonchev–Trinajstić information content (AvgIpc) is 2.31. The van der Waals surface area contributed by atoms with Gasteiger partial charge in [0.25, 0.3) is 0 Å². The number of aromatic hydroxyl groups is 1. The van der Waals surface area contributed by atoms with Gasteiger partial charge < -0.3 is 15.3 Å². The normalized spacial score (nSPS) is 14.2. The Balaban J connectivity index is 3.08.